The molecule has 1 amide bonds. The van der Waals surface area contributed by atoms with Crippen LogP contribution < -0.4 is 5.32 Å². The van der Waals surface area contributed by atoms with Crippen LogP contribution >= 0.6 is 22.9 Å². The summed E-state index contributed by atoms with van der Waals surface area (Å²) in [6.45, 7) is 0. The molecule has 1 aliphatic rings. The maximum atomic E-state index is 12.4. The Balaban J connectivity index is 1.27. The number of amides is 1. The van der Waals surface area contributed by atoms with Crippen LogP contribution in [0.15, 0.2) is 53.4 Å². The SMILES string of the molecule is O=C(CCCS(=O)(=O)c1ccc(Cl)cc1)Nc1nc2c(cc3c4c(cccc42)CC3)s1. The van der Waals surface area contributed by atoms with Crippen LogP contribution in [0, 0.1) is 0 Å². The Morgan fingerprint density at radius 3 is 2.68 bits per heavy atom. The van der Waals surface area contributed by atoms with E-state index in [2.05, 4.69) is 34.6 Å². The van der Waals surface area contributed by atoms with E-state index in [0.29, 0.717) is 10.2 Å². The topological polar surface area (TPSA) is 76.1 Å². The number of rotatable bonds is 6. The van der Waals surface area contributed by atoms with Crippen LogP contribution in [0.1, 0.15) is 24.0 Å². The highest BCUT2D eigenvalue weighted by molar-refractivity contribution is 7.91. The van der Waals surface area contributed by atoms with Crippen LogP contribution in [0.25, 0.3) is 21.0 Å². The molecule has 3 aromatic carbocycles. The Labute approximate surface area is 189 Å². The lowest BCUT2D eigenvalue weighted by Crippen LogP contribution is -2.14. The molecule has 0 saturated heterocycles. The first-order chi connectivity index (χ1) is 14.9. The monoisotopic (exact) mass is 470 g/mol. The van der Waals surface area contributed by atoms with Gasteiger partial charge in [0.2, 0.25) is 5.91 Å². The molecule has 1 N–H and O–H groups in total. The molecule has 0 saturated carbocycles. The second kappa shape index (κ2) is 7.89. The molecule has 5 rings (SSSR count). The third kappa shape index (κ3) is 3.93. The fourth-order valence-corrected chi connectivity index (χ4v) is 6.52. The fraction of sp³-hybridized carbons (Fsp3) is 0.217. The molecule has 1 heterocycles. The van der Waals surface area contributed by atoms with Crippen LogP contribution in [-0.4, -0.2) is 25.1 Å². The van der Waals surface area contributed by atoms with Crippen molar-refractivity contribution >= 4 is 64.8 Å². The average molecular weight is 471 g/mol. The van der Waals surface area contributed by atoms with Crippen LogP contribution in [0.3, 0.4) is 0 Å². The lowest BCUT2D eigenvalue weighted by molar-refractivity contribution is -0.116. The van der Waals surface area contributed by atoms with Gasteiger partial charge in [-0.05, 0) is 66.1 Å². The number of fused-ring (bicyclic) bond motifs is 2. The third-order valence-electron chi connectivity index (χ3n) is 5.59. The smallest absolute Gasteiger partial charge is 0.226 e. The summed E-state index contributed by atoms with van der Waals surface area (Å²) in [7, 11) is -3.44. The Morgan fingerprint density at radius 1 is 1.10 bits per heavy atom. The summed E-state index contributed by atoms with van der Waals surface area (Å²) in [5.74, 6) is -0.332. The van der Waals surface area contributed by atoms with E-state index in [9.17, 15) is 13.2 Å². The van der Waals surface area contributed by atoms with Crippen molar-refractivity contribution in [3.05, 3.63) is 64.7 Å². The van der Waals surface area contributed by atoms with Gasteiger partial charge in [0, 0.05) is 16.8 Å². The molecule has 4 aromatic rings. The zero-order valence-corrected chi connectivity index (χ0v) is 18.9. The van der Waals surface area contributed by atoms with E-state index in [1.807, 2.05) is 0 Å². The van der Waals surface area contributed by atoms with Crippen LogP contribution in [0.2, 0.25) is 5.02 Å². The summed E-state index contributed by atoms with van der Waals surface area (Å²) in [6, 6.07) is 14.6. The van der Waals surface area contributed by atoms with Gasteiger partial charge in [-0.3, -0.25) is 4.79 Å². The maximum absolute atomic E-state index is 12.4. The number of sulfone groups is 1. The van der Waals surface area contributed by atoms with Gasteiger partial charge in [-0.25, -0.2) is 13.4 Å². The van der Waals surface area contributed by atoms with E-state index >= 15 is 0 Å². The number of nitrogens with one attached hydrogen (secondary N) is 1. The number of aromatic nitrogens is 1. The quantitative estimate of drug-likeness (QED) is 0.409. The minimum atomic E-state index is -3.44. The van der Waals surface area contributed by atoms with Crippen LogP contribution in [0.5, 0.6) is 0 Å². The highest BCUT2D eigenvalue weighted by Crippen LogP contribution is 2.39. The second-order valence-electron chi connectivity index (χ2n) is 7.67. The zero-order valence-electron chi connectivity index (χ0n) is 16.5. The normalized spacial score (nSPS) is 13.2. The van der Waals surface area contributed by atoms with Gasteiger partial charge in [0.1, 0.15) is 0 Å². The zero-order chi connectivity index (χ0) is 21.6. The van der Waals surface area contributed by atoms with Gasteiger partial charge in [-0.1, -0.05) is 41.1 Å². The molecule has 0 fully saturated rings. The standard InChI is InChI=1S/C23H19ClN2O3S2/c24-16-8-10-17(11-9-16)31(28,29)12-2-5-20(27)25-23-26-22-18-4-1-3-14-6-7-15(21(14)18)13-19(22)30-23/h1,3-4,8-11,13H,2,5-7,12H2,(H,25,26,27). The van der Waals surface area contributed by atoms with Gasteiger partial charge in [0.15, 0.2) is 15.0 Å². The Kier molecular flexibility index (Phi) is 5.20. The first-order valence-electron chi connectivity index (χ1n) is 10.0. The minimum Gasteiger partial charge on any atom is -0.302 e. The van der Waals surface area contributed by atoms with E-state index in [1.165, 1.54) is 40.0 Å². The molecule has 1 aliphatic carbocycles. The fourth-order valence-electron chi connectivity index (χ4n) is 4.12. The summed E-state index contributed by atoms with van der Waals surface area (Å²) in [5, 5.41) is 6.30. The molecule has 8 heteroatoms. The number of carbonyl (C=O) groups is 1. The van der Waals surface area contributed by atoms with E-state index in [0.717, 1.165) is 28.4 Å². The second-order valence-corrected chi connectivity index (χ2v) is 11.2. The third-order valence-corrected chi connectivity index (χ3v) is 8.57. The van der Waals surface area contributed by atoms with E-state index < -0.39 is 9.84 Å². The molecular formula is C23H19ClN2O3S2. The summed E-state index contributed by atoms with van der Waals surface area (Å²) in [5.41, 5.74) is 3.61. The number of anilines is 1. The minimum absolute atomic E-state index is 0.0985. The van der Waals surface area contributed by atoms with Crippen molar-refractivity contribution < 1.29 is 13.2 Å². The number of nitrogens with zero attached hydrogens (tertiary/aromatic N) is 1. The van der Waals surface area contributed by atoms with Crippen molar-refractivity contribution in [2.75, 3.05) is 11.1 Å². The van der Waals surface area contributed by atoms with E-state index in [-0.39, 0.29) is 29.4 Å². The van der Waals surface area contributed by atoms with E-state index in [4.69, 9.17) is 11.6 Å². The Morgan fingerprint density at radius 2 is 1.87 bits per heavy atom. The van der Waals surface area contributed by atoms with Gasteiger partial charge >= 0.3 is 0 Å². The number of thiazole rings is 1. The number of carbonyl (C=O) groups excluding carboxylic acids is 1. The highest BCUT2D eigenvalue weighted by atomic mass is 35.5. The van der Waals surface area contributed by atoms with Crippen molar-refractivity contribution in [1.82, 2.24) is 4.98 Å². The van der Waals surface area contributed by atoms with Gasteiger partial charge in [-0.15, -0.1) is 0 Å². The van der Waals surface area contributed by atoms with E-state index in [1.54, 1.807) is 12.1 Å². The Bertz CT molecular complexity index is 1430. The molecule has 158 valence electrons. The van der Waals surface area contributed by atoms with Gasteiger partial charge in [0.05, 0.1) is 20.9 Å². The molecule has 0 aliphatic heterocycles. The molecule has 1 aromatic heterocycles. The highest BCUT2D eigenvalue weighted by Gasteiger charge is 2.19. The number of halogens is 1. The molecule has 0 bridgehead atoms. The number of hydrogen-bond donors (Lipinski definition) is 1. The van der Waals surface area contributed by atoms with Crippen molar-refractivity contribution in [3.8, 4) is 0 Å². The first kappa shape index (κ1) is 20.4. The van der Waals surface area contributed by atoms with Gasteiger partial charge in [-0.2, -0.15) is 0 Å². The number of benzene rings is 3. The summed E-state index contributed by atoms with van der Waals surface area (Å²) in [6.07, 6.45) is 2.44. The lowest BCUT2D eigenvalue weighted by Gasteiger charge is -2.05. The maximum Gasteiger partial charge on any atom is 0.226 e. The first-order valence-corrected chi connectivity index (χ1v) is 12.9. The lowest BCUT2D eigenvalue weighted by atomic mass is 10.0. The van der Waals surface area contributed by atoms with Crippen LogP contribution in [0.4, 0.5) is 5.13 Å². The largest absolute Gasteiger partial charge is 0.302 e. The van der Waals surface area contributed by atoms with Crippen LogP contribution in [-0.2, 0) is 27.5 Å². The molecule has 0 atom stereocenters. The molecule has 0 spiro atoms. The van der Waals surface area contributed by atoms with Crippen molar-refractivity contribution in [1.29, 1.82) is 0 Å². The molecule has 5 nitrogen and oxygen atoms in total. The summed E-state index contributed by atoms with van der Waals surface area (Å²) >= 11 is 7.27. The average Bonchev–Trinajstić information content (AvgIpc) is 3.33. The van der Waals surface area contributed by atoms with Crippen molar-refractivity contribution in [2.45, 2.75) is 30.6 Å². The molecule has 0 radical (unpaired) electrons. The predicted octanol–water partition coefficient (Wildman–Crippen LogP) is 5.39. The molecular weight excluding hydrogens is 452 g/mol. The van der Waals surface area contributed by atoms with Crippen molar-refractivity contribution in [2.24, 2.45) is 0 Å². The summed E-state index contributed by atoms with van der Waals surface area (Å²) in [4.78, 5) is 17.3. The number of aryl methyl sites for hydroxylation is 2. The van der Waals surface area contributed by atoms with Gasteiger partial charge in [0.25, 0.3) is 0 Å². The summed E-state index contributed by atoms with van der Waals surface area (Å²) < 4.78 is 25.9. The number of hydrogen-bond acceptors (Lipinski definition) is 5. The van der Waals surface area contributed by atoms with Crippen molar-refractivity contribution in [3.63, 3.8) is 0 Å². The Hall–Kier alpha value is -2.48. The predicted molar refractivity (Wildman–Crippen MR) is 126 cm³/mol. The molecule has 31 heavy (non-hydrogen) atoms. The molecule has 0 unspecified atom stereocenters. The van der Waals surface area contributed by atoms with Gasteiger partial charge < -0.3 is 5.32 Å².